The van der Waals surface area contributed by atoms with Gasteiger partial charge in [-0.1, -0.05) is 60.7 Å². The van der Waals surface area contributed by atoms with Gasteiger partial charge in [0, 0.05) is 6.42 Å². The van der Waals surface area contributed by atoms with Gasteiger partial charge in [-0.3, -0.25) is 4.79 Å². The maximum atomic E-state index is 13.1. The molecule has 2 aromatic carbocycles. The maximum Gasteiger partial charge on any atom is 0.177 e. The monoisotopic (exact) mass is 310 g/mol. The van der Waals surface area contributed by atoms with Crippen molar-refractivity contribution < 1.29 is 14.0 Å². The molecule has 2 aromatic rings. The third-order valence-electron chi connectivity index (χ3n) is 4.26. The Hall–Kier alpha value is -1.97. The van der Waals surface area contributed by atoms with E-state index in [1.165, 1.54) is 0 Å². The van der Waals surface area contributed by atoms with Gasteiger partial charge in [0.1, 0.15) is 12.6 Å². The lowest BCUT2D eigenvalue weighted by Gasteiger charge is -2.31. The topological polar surface area (TPSA) is 26.3 Å². The molecule has 0 aromatic heterocycles. The predicted molar refractivity (Wildman–Crippen MR) is 91.1 cm³/mol. The summed E-state index contributed by atoms with van der Waals surface area (Å²) in [7, 11) is 6.37. The summed E-state index contributed by atoms with van der Waals surface area (Å²) in [5, 5.41) is 0. The standard InChI is InChI=1S/C20H24NO2/c1-21(2,3)15-18-14-19(22)20(23-18,16-10-6-4-7-11-16)17-12-8-5-9-13-17/h4-13,18H,14-15H2,1-3H3/q+1. The molecule has 1 saturated heterocycles. The minimum absolute atomic E-state index is 0.0667. The molecule has 3 rings (SSSR count). The molecule has 0 bridgehead atoms. The lowest BCUT2D eigenvalue weighted by molar-refractivity contribution is -0.873. The number of carbonyl (C=O) groups excluding carboxylic acids is 1. The van der Waals surface area contributed by atoms with Gasteiger partial charge in [0.2, 0.25) is 0 Å². The average molecular weight is 310 g/mol. The van der Waals surface area contributed by atoms with Crippen LogP contribution in [0.25, 0.3) is 0 Å². The van der Waals surface area contributed by atoms with Crippen LogP contribution in [-0.2, 0) is 15.1 Å². The lowest BCUT2D eigenvalue weighted by atomic mass is 9.83. The highest BCUT2D eigenvalue weighted by Gasteiger charge is 2.51. The number of benzene rings is 2. The fraction of sp³-hybridized carbons (Fsp3) is 0.350. The van der Waals surface area contributed by atoms with Gasteiger partial charge in [0.05, 0.1) is 21.1 Å². The van der Waals surface area contributed by atoms with E-state index in [0.29, 0.717) is 6.42 Å². The number of ether oxygens (including phenoxy) is 1. The fourth-order valence-corrected chi connectivity index (χ4v) is 3.39. The smallest absolute Gasteiger partial charge is 0.177 e. The SMILES string of the molecule is C[N+](C)(C)CC1CC(=O)C(c2ccccc2)(c2ccccc2)O1. The minimum Gasteiger partial charge on any atom is -0.348 e. The maximum absolute atomic E-state index is 13.1. The first kappa shape index (κ1) is 15.9. The molecule has 23 heavy (non-hydrogen) atoms. The second-order valence-corrected chi connectivity index (χ2v) is 7.25. The van der Waals surface area contributed by atoms with E-state index in [1.807, 2.05) is 60.7 Å². The predicted octanol–water partition coefficient (Wildman–Crippen LogP) is 2.99. The highest BCUT2D eigenvalue weighted by atomic mass is 16.5. The molecule has 0 amide bonds. The highest BCUT2D eigenvalue weighted by Crippen LogP contribution is 2.42. The summed E-state index contributed by atoms with van der Waals surface area (Å²) >= 11 is 0. The highest BCUT2D eigenvalue weighted by molar-refractivity contribution is 5.94. The Morgan fingerprint density at radius 3 is 1.87 bits per heavy atom. The van der Waals surface area contributed by atoms with Crippen LogP contribution in [0.1, 0.15) is 17.5 Å². The van der Waals surface area contributed by atoms with Crippen LogP contribution in [0.15, 0.2) is 60.7 Å². The molecule has 1 aliphatic rings. The number of likely N-dealkylation sites (N-methyl/N-ethyl adjacent to an activating group) is 1. The molecule has 1 aliphatic heterocycles. The van der Waals surface area contributed by atoms with Crippen molar-refractivity contribution in [1.82, 2.24) is 0 Å². The van der Waals surface area contributed by atoms with Crippen LogP contribution < -0.4 is 0 Å². The van der Waals surface area contributed by atoms with Crippen molar-refractivity contribution in [2.75, 3.05) is 27.7 Å². The van der Waals surface area contributed by atoms with Crippen molar-refractivity contribution >= 4 is 5.78 Å². The number of Topliss-reactive ketones (excluding diaryl/α,β-unsaturated/α-hetero) is 1. The number of nitrogens with zero attached hydrogens (tertiary/aromatic N) is 1. The summed E-state index contributed by atoms with van der Waals surface area (Å²) < 4.78 is 7.22. The number of rotatable bonds is 4. The van der Waals surface area contributed by atoms with Gasteiger partial charge in [-0.25, -0.2) is 0 Å². The van der Waals surface area contributed by atoms with Gasteiger partial charge in [0.25, 0.3) is 0 Å². The molecule has 1 atom stereocenters. The summed E-state index contributed by atoms with van der Waals surface area (Å²) in [4.78, 5) is 13.1. The zero-order valence-electron chi connectivity index (χ0n) is 14.0. The van der Waals surface area contributed by atoms with Crippen molar-refractivity contribution in [3.8, 4) is 0 Å². The number of hydrogen-bond acceptors (Lipinski definition) is 2. The van der Waals surface area contributed by atoms with E-state index >= 15 is 0 Å². The zero-order valence-corrected chi connectivity index (χ0v) is 14.0. The molecule has 0 N–H and O–H groups in total. The minimum atomic E-state index is -0.970. The quantitative estimate of drug-likeness (QED) is 0.812. The molecule has 3 nitrogen and oxygen atoms in total. The molecule has 1 heterocycles. The Labute approximate surface area is 138 Å². The van der Waals surface area contributed by atoms with Crippen LogP contribution >= 0.6 is 0 Å². The van der Waals surface area contributed by atoms with Gasteiger partial charge < -0.3 is 9.22 Å². The zero-order chi connectivity index (χ0) is 16.5. The second-order valence-electron chi connectivity index (χ2n) is 7.25. The van der Waals surface area contributed by atoms with Crippen LogP contribution in [0.3, 0.4) is 0 Å². The molecule has 3 heteroatoms. The third kappa shape index (κ3) is 3.07. The largest absolute Gasteiger partial charge is 0.348 e. The van der Waals surface area contributed by atoms with Gasteiger partial charge in [-0.2, -0.15) is 0 Å². The van der Waals surface area contributed by atoms with Crippen molar-refractivity contribution in [3.05, 3.63) is 71.8 Å². The van der Waals surface area contributed by atoms with Gasteiger partial charge in [-0.15, -0.1) is 0 Å². The summed E-state index contributed by atoms with van der Waals surface area (Å²) in [5.41, 5.74) is 0.864. The first-order valence-electron chi connectivity index (χ1n) is 8.04. The van der Waals surface area contributed by atoms with E-state index in [-0.39, 0.29) is 11.9 Å². The third-order valence-corrected chi connectivity index (χ3v) is 4.26. The summed E-state index contributed by atoms with van der Waals surface area (Å²) in [6.45, 7) is 0.813. The molecule has 0 aliphatic carbocycles. The summed E-state index contributed by atoms with van der Waals surface area (Å²) in [6.07, 6.45) is 0.391. The van der Waals surface area contributed by atoms with E-state index < -0.39 is 5.60 Å². The summed E-state index contributed by atoms with van der Waals surface area (Å²) in [6, 6.07) is 19.7. The van der Waals surface area contributed by atoms with Crippen LogP contribution in [0.4, 0.5) is 0 Å². The molecular weight excluding hydrogens is 286 g/mol. The number of ketones is 1. The summed E-state index contributed by atoms with van der Waals surface area (Å²) in [5.74, 6) is 0.147. The number of quaternary nitrogens is 1. The van der Waals surface area contributed by atoms with Crippen molar-refractivity contribution in [1.29, 1.82) is 0 Å². The Bertz CT molecular complexity index is 634. The van der Waals surface area contributed by atoms with Gasteiger partial charge in [0.15, 0.2) is 11.4 Å². The molecule has 0 spiro atoms. The Kier molecular flexibility index (Phi) is 4.09. The number of carbonyl (C=O) groups is 1. The Balaban J connectivity index is 2.06. The molecule has 1 fully saturated rings. The Morgan fingerprint density at radius 1 is 0.957 bits per heavy atom. The van der Waals surface area contributed by atoms with Crippen LogP contribution in [0.2, 0.25) is 0 Å². The average Bonchev–Trinajstić information content (AvgIpc) is 2.84. The molecule has 1 unspecified atom stereocenters. The van der Waals surface area contributed by atoms with E-state index in [4.69, 9.17) is 4.74 Å². The van der Waals surface area contributed by atoms with Crippen molar-refractivity contribution in [2.24, 2.45) is 0 Å². The van der Waals surface area contributed by atoms with Gasteiger partial charge >= 0.3 is 0 Å². The molecular formula is C20H24NO2+. The first-order valence-corrected chi connectivity index (χ1v) is 8.04. The van der Waals surface area contributed by atoms with Crippen LogP contribution in [-0.4, -0.2) is 44.1 Å². The van der Waals surface area contributed by atoms with E-state index in [9.17, 15) is 4.79 Å². The van der Waals surface area contributed by atoms with Gasteiger partial charge in [-0.05, 0) is 11.1 Å². The molecule has 0 saturated carbocycles. The van der Waals surface area contributed by atoms with E-state index in [1.54, 1.807) is 0 Å². The van der Waals surface area contributed by atoms with Crippen LogP contribution in [0.5, 0.6) is 0 Å². The normalized spacial score (nSPS) is 20.7. The van der Waals surface area contributed by atoms with E-state index in [0.717, 1.165) is 22.2 Å². The molecule has 0 radical (unpaired) electrons. The number of hydrogen-bond donors (Lipinski definition) is 0. The Morgan fingerprint density at radius 2 is 1.43 bits per heavy atom. The van der Waals surface area contributed by atoms with Crippen LogP contribution in [0, 0.1) is 0 Å². The first-order chi connectivity index (χ1) is 10.9. The lowest BCUT2D eigenvalue weighted by Crippen LogP contribution is -2.42. The second kappa shape index (κ2) is 5.91. The van der Waals surface area contributed by atoms with Crippen molar-refractivity contribution in [3.63, 3.8) is 0 Å². The van der Waals surface area contributed by atoms with E-state index in [2.05, 4.69) is 21.1 Å². The molecule has 120 valence electrons. The van der Waals surface area contributed by atoms with Crippen molar-refractivity contribution in [2.45, 2.75) is 18.1 Å². The fourth-order valence-electron chi connectivity index (χ4n) is 3.39.